The molecule has 2 N–H and O–H groups in total. The molecule has 0 atom stereocenters. The largest absolute Gasteiger partial charge is 0.380 e. The fourth-order valence-electron chi connectivity index (χ4n) is 1.54. The van der Waals surface area contributed by atoms with Gasteiger partial charge in [0.15, 0.2) is 5.96 Å². The number of nitrogens with one attached hydrogen (secondary N) is 2. The van der Waals surface area contributed by atoms with E-state index in [1.807, 2.05) is 12.4 Å². The molecule has 0 saturated carbocycles. The monoisotopic (exact) mass is 426 g/mol. The molecule has 0 saturated heterocycles. The summed E-state index contributed by atoms with van der Waals surface area (Å²) in [5, 5.41) is 6.51. The number of thiazole rings is 1. The third-order valence-electron chi connectivity index (χ3n) is 2.86. The van der Waals surface area contributed by atoms with Gasteiger partial charge in [-0.05, 0) is 19.3 Å². The summed E-state index contributed by atoms with van der Waals surface area (Å²) in [7, 11) is 1.77. The highest BCUT2D eigenvalue weighted by Gasteiger charge is 2.02. The van der Waals surface area contributed by atoms with Crippen molar-refractivity contribution in [2.75, 3.05) is 26.8 Å². The Morgan fingerprint density at radius 2 is 2.14 bits per heavy atom. The van der Waals surface area contributed by atoms with Crippen molar-refractivity contribution < 1.29 is 4.74 Å². The van der Waals surface area contributed by atoms with Gasteiger partial charge >= 0.3 is 0 Å². The van der Waals surface area contributed by atoms with Crippen LogP contribution in [0.25, 0.3) is 0 Å². The molecule has 5 nitrogen and oxygen atoms in total. The Balaban J connectivity index is 0.00000400. The van der Waals surface area contributed by atoms with Crippen LogP contribution in [0.3, 0.4) is 0 Å². The number of halogens is 1. The molecule has 0 amide bonds. The molecule has 0 unspecified atom stereocenters. The van der Waals surface area contributed by atoms with Gasteiger partial charge in [0.2, 0.25) is 0 Å². The van der Waals surface area contributed by atoms with Crippen LogP contribution in [0.5, 0.6) is 0 Å². The normalized spacial score (nSPS) is 11.4. The number of guanidine groups is 1. The predicted molar refractivity (Wildman–Crippen MR) is 101 cm³/mol. The number of aryl methyl sites for hydroxylation is 1. The first kappa shape index (κ1) is 20.6. The molecule has 0 aliphatic carbocycles. The van der Waals surface area contributed by atoms with E-state index in [0.717, 1.165) is 37.8 Å². The van der Waals surface area contributed by atoms with Crippen LogP contribution in [-0.2, 0) is 11.3 Å². The Labute approximate surface area is 149 Å². The van der Waals surface area contributed by atoms with Crippen molar-refractivity contribution in [2.24, 2.45) is 10.9 Å². The molecular weight excluding hydrogens is 399 g/mol. The Morgan fingerprint density at radius 3 is 2.71 bits per heavy atom. The average Bonchev–Trinajstić information content (AvgIpc) is 2.82. The highest BCUT2D eigenvalue weighted by atomic mass is 127. The van der Waals surface area contributed by atoms with Crippen molar-refractivity contribution in [1.82, 2.24) is 15.6 Å². The molecule has 1 aromatic rings. The number of ether oxygens (including phenoxy) is 1. The van der Waals surface area contributed by atoms with Gasteiger partial charge in [0, 0.05) is 25.1 Å². The summed E-state index contributed by atoms with van der Waals surface area (Å²) in [6, 6.07) is 0. The van der Waals surface area contributed by atoms with Crippen molar-refractivity contribution >= 4 is 41.3 Å². The van der Waals surface area contributed by atoms with Gasteiger partial charge in [-0.1, -0.05) is 13.8 Å². The quantitative estimate of drug-likeness (QED) is 0.291. The number of aliphatic imine (C=N–C) groups is 1. The Morgan fingerprint density at radius 1 is 1.38 bits per heavy atom. The molecule has 0 spiro atoms. The van der Waals surface area contributed by atoms with Crippen molar-refractivity contribution in [3.05, 3.63) is 16.1 Å². The Hall–Kier alpha value is -0.410. The van der Waals surface area contributed by atoms with Crippen LogP contribution in [0, 0.1) is 12.8 Å². The minimum atomic E-state index is 0. The zero-order valence-corrected chi connectivity index (χ0v) is 16.5. The van der Waals surface area contributed by atoms with Gasteiger partial charge < -0.3 is 15.4 Å². The van der Waals surface area contributed by atoms with Crippen LogP contribution in [0.1, 0.15) is 30.8 Å². The zero-order valence-electron chi connectivity index (χ0n) is 13.3. The molecule has 122 valence electrons. The smallest absolute Gasteiger partial charge is 0.191 e. The Bertz CT molecular complexity index is 409. The molecule has 21 heavy (non-hydrogen) atoms. The van der Waals surface area contributed by atoms with E-state index >= 15 is 0 Å². The fourth-order valence-corrected chi connectivity index (χ4v) is 2.26. The van der Waals surface area contributed by atoms with E-state index in [1.54, 1.807) is 18.4 Å². The summed E-state index contributed by atoms with van der Waals surface area (Å²) < 4.78 is 5.56. The second-order valence-corrected chi connectivity index (χ2v) is 5.95. The van der Waals surface area contributed by atoms with Crippen molar-refractivity contribution in [3.8, 4) is 0 Å². The van der Waals surface area contributed by atoms with Gasteiger partial charge in [-0.15, -0.1) is 35.3 Å². The topological polar surface area (TPSA) is 58.5 Å². The maximum Gasteiger partial charge on any atom is 0.191 e. The molecule has 0 fully saturated rings. The summed E-state index contributed by atoms with van der Waals surface area (Å²) in [6.07, 6.45) is 1.11. The number of hydrogen-bond acceptors (Lipinski definition) is 4. The molecule has 0 aliphatic rings. The van der Waals surface area contributed by atoms with E-state index in [-0.39, 0.29) is 24.0 Å². The van der Waals surface area contributed by atoms with Crippen molar-refractivity contribution in [1.29, 1.82) is 0 Å². The number of nitrogens with zero attached hydrogens (tertiary/aromatic N) is 2. The van der Waals surface area contributed by atoms with Crippen LogP contribution in [-0.4, -0.2) is 37.7 Å². The third kappa shape index (κ3) is 9.26. The van der Waals surface area contributed by atoms with Crippen LogP contribution < -0.4 is 10.6 Å². The van der Waals surface area contributed by atoms with Gasteiger partial charge in [0.1, 0.15) is 0 Å². The summed E-state index contributed by atoms with van der Waals surface area (Å²) in [4.78, 5) is 9.65. The van der Waals surface area contributed by atoms with Gasteiger partial charge in [-0.2, -0.15) is 0 Å². The second kappa shape index (κ2) is 12.2. The maximum atomic E-state index is 5.56. The molecule has 7 heteroatoms. The first-order valence-electron chi connectivity index (χ1n) is 7.04. The highest BCUT2D eigenvalue weighted by Crippen LogP contribution is 2.10. The minimum absolute atomic E-state index is 0. The number of hydrogen-bond donors (Lipinski definition) is 2. The summed E-state index contributed by atoms with van der Waals surface area (Å²) in [5.41, 5.74) is 2.94. The molecule has 0 bridgehead atoms. The molecule has 0 aromatic carbocycles. The minimum Gasteiger partial charge on any atom is -0.380 e. The summed E-state index contributed by atoms with van der Waals surface area (Å²) in [5.74, 6) is 1.49. The molecule has 1 rings (SSSR count). The molecule has 0 radical (unpaired) electrons. The second-order valence-electron chi connectivity index (χ2n) is 5.01. The van der Waals surface area contributed by atoms with Crippen LogP contribution in [0.15, 0.2) is 10.5 Å². The fraction of sp³-hybridized carbons (Fsp3) is 0.714. The van der Waals surface area contributed by atoms with Gasteiger partial charge in [-0.3, -0.25) is 4.99 Å². The highest BCUT2D eigenvalue weighted by molar-refractivity contribution is 14.0. The number of rotatable bonds is 8. The van der Waals surface area contributed by atoms with Crippen LogP contribution >= 0.6 is 35.3 Å². The lowest BCUT2D eigenvalue weighted by molar-refractivity contribution is 0.128. The van der Waals surface area contributed by atoms with E-state index in [9.17, 15) is 0 Å². The SMILES string of the molecule is CN=C(NCCOCCC(C)C)NCc1scnc1C.I. The molecule has 1 aromatic heterocycles. The van der Waals surface area contributed by atoms with E-state index in [4.69, 9.17) is 4.74 Å². The summed E-state index contributed by atoms with van der Waals surface area (Å²) >= 11 is 1.66. The van der Waals surface area contributed by atoms with Crippen molar-refractivity contribution in [3.63, 3.8) is 0 Å². The van der Waals surface area contributed by atoms with Gasteiger partial charge in [0.05, 0.1) is 24.4 Å². The predicted octanol–water partition coefficient (Wildman–Crippen LogP) is 2.80. The van der Waals surface area contributed by atoms with Crippen LogP contribution in [0.4, 0.5) is 0 Å². The molecular formula is C14H27IN4OS. The van der Waals surface area contributed by atoms with Crippen LogP contribution in [0.2, 0.25) is 0 Å². The standard InChI is InChI=1S/C14H26N4OS.HI/c1-11(2)5-7-19-8-6-16-14(15-4)17-9-13-12(3)18-10-20-13;/h10-11H,5-9H2,1-4H3,(H2,15,16,17);1H. The number of aromatic nitrogens is 1. The summed E-state index contributed by atoms with van der Waals surface area (Å²) in [6.45, 7) is 9.47. The Kier molecular flexibility index (Phi) is 11.9. The van der Waals surface area contributed by atoms with E-state index < -0.39 is 0 Å². The lowest BCUT2D eigenvalue weighted by Gasteiger charge is -2.12. The third-order valence-corrected chi connectivity index (χ3v) is 3.80. The van der Waals surface area contributed by atoms with Gasteiger partial charge in [-0.25, -0.2) is 4.98 Å². The maximum absolute atomic E-state index is 5.56. The first-order valence-corrected chi connectivity index (χ1v) is 7.92. The van der Waals surface area contributed by atoms with E-state index in [0.29, 0.717) is 12.5 Å². The zero-order chi connectivity index (χ0) is 14.8. The molecule has 0 aliphatic heterocycles. The van der Waals surface area contributed by atoms with E-state index in [2.05, 4.69) is 34.5 Å². The molecule has 1 heterocycles. The van der Waals surface area contributed by atoms with E-state index in [1.165, 1.54) is 4.88 Å². The lowest BCUT2D eigenvalue weighted by atomic mass is 10.1. The lowest BCUT2D eigenvalue weighted by Crippen LogP contribution is -2.38. The first-order chi connectivity index (χ1) is 9.63. The van der Waals surface area contributed by atoms with Crippen molar-refractivity contribution in [2.45, 2.75) is 33.7 Å². The van der Waals surface area contributed by atoms with Gasteiger partial charge in [0.25, 0.3) is 0 Å². The average molecular weight is 426 g/mol.